The maximum absolute atomic E-state index is 11.6. The van der Waals surface area contributed by atoms with Crippen LogP contribution in [0.25, 0.3) is 0 Å². The zero-order valence-corrected chi connectivity index (χ0v) is 10.8. The molecule has 0 bridgehead atoms. The lowest BCUT2D eigenvalue weighted by Gasteiger charge is -2.20. The predicted molar refractivity (Wildman–Crippen MR) is 68.3 cm³/mol. The third kappa shape index (κ3) is 6.14. The summed E-state index contributed by atoms with van der Waals surface area (Å²) in [7, 11) is 0. The molecule has 0 heterocycles. The van der Waals surface area contributed by atoms with Gasteiger partial charge in [0.15, 0.2) is 0 Å². The molecule has 2 nitrogen and oxygen atoms in total. The zero-order valence-electron chi connectivity index (χ0n) is 10.8. The number of hydrogen-bond acceptors (Lipinski definition) is 1. The summed E-state index contributed by atoms with van der Waals surface area (Å²) in [6.45, 7) is 3.09. The van der Waals surface area contributed by atoms with Crippen LogP contribution in [-0.2, 0) is 4.79 Å². The molecule has 1 saturated carbocycles. The second-order valence-electron chi connectivity index (χ2n) is 5.12. The van der Waals surface area contributed by atoms with E-state index in [0.29, 0.717) is 5.92 Å². The lowest BCUT2D eigenvalue weighted by molar-refractivity contribution is -0.122. The van der Waals surface area contributed by atoms with E-state index >= 15 is 0 Å². The third-order valence-corrected chi connectivity index (χ3v) is 3.55. The minimum atomic E-state index is 0.281. The fourth-order valence-corrected chi connectivity index (χ4v) is 2.51. The average Bonchev–Trinajstić information content (AvgIpc) is 2.30. The number of unbranched alkanes of at least 4 members (excludes halogenated alkanes) is 3. The summed E-state index contributed by atoms with van der Waals surface area (Å²) in [5.41, 5.74) is 0. The minimum absolute atomic E-state index is 0.281. The van der Waals surface area contributed by atoms with Crippen LogP contribution in [0.5, 0.6) is 0 Å². The van der Waals surface area contributed by atoms with Crippen LogP contribution < -0.4 is 5.32 Å². The molecule has 0 aromatic heterocycles. The van der Waals surface area contributed by atoms with Crippen molar-refractivity contribution in [2.24, 2.45) is 5.92 Å². The van der Waals surface area contributed by atoms with E-state index < -0.39 is 0 Å². The molecule has 94 valence electrons. The topological polar surface area (TPSA) is 29.1 Å². The first-order valence-corrected chi connectivity index (χ1v) is 7.09. The van der Waals surface area contributed by atoms with Crippen LogP contribution in [0.15, 0.2) is 0 Å². The van der Waals surface area contributed by atoms with Gasteiger partial charge in [-0.25, -0.2) is 0 Å². The first kappa shape index (κ1) is 13.5. The SMILES string of the molecule is CCCCCCNC(=O)CC1CCCCC1. The fourth-order valence-electron chi connectivity index (χ4n) is 2.51. The van der Waals surface area contributed by atoms with Crippen LogP contribution in [0.1, 0.15) is 71.1 Å². The van der Waals surface area contributed by atoms with E-state index in [9.17, 15) is 4.79 Å². The monoisotopic (exact) mass is 225 g/mol. The maximum Gasteiger partial charge on any atom is 0.220 e. The van der Waals surface area contributed by atoms with Gasteiger partial charge in [-0.3, -0.25) is 4.79 Å². The van der Waals surface area contributed by atoms with Crippen LogP contribution in [0, 0.1) is 5.92 Å². The molecular weight excluding hydrogens is 198 g/mol. The highest BCUT2D eigenvalue weighted by atomic mass is 16.1. The van der Waals surface area contributed by atoms with Gasteiger partial charge in [-0.2, -0.15) is 0 Å². The van der Waals surface area contributed by atoms with Crippen molar-refractivity contribution in [1.82, 2.24) is 5.32 Å². The largest absolute Gasteiger partial charge is 0.356 e. The van der Waals surface area contributed by atoms with Gasteiger partial charge in [0.05, 0.1) is 0 Å². The molecule has 2 heteroatoms. The quantitative estimate of drug-likeness (QED) is 0.658. The van der Waals surface area contributed by atoms with Crippen molar-refractivity contribution in [1.29, 1.82) is 0 Å². The summed E-state index contributed by atoms with van der Waals surface area (Å²) < 4.78 is 0. The van der Waals surface area contributed by atoms with Gasteiger partial charge in [-0.1, -0.05) is 45.4 Å². The zero-order chi connectivity index (χ0) is 11.6. The number of nitrogens with one attached hydrogen (secondary N) is 1. The van der Waals surface area contributed by atoms with Gasteiger partial charge in [0, 0.05) is 13.0 Å². The summed E-state index contributed by atoms with van der Waals surface area (Å²) in [5, 5.41) is 3.05. The number of rotatable bonds is 7. The first-order valence-electron chi connectivity index (χ1n) is 7.09. The molecule has 1 fully saturated rings. The standard InChI is InChI=1S/C14H27NO/c1-2-3-4-8-11-15-14(16)12-13-9-6-5-7-10-13/h13H,2-12H2,1H3,(H,15,16). The van der Waals surface area contributed by atoms with E-state index in [1.165, 1.54) is 51.4 Å². The highest BCUT2D eigenvalue weighted by molar-refractivity contribution is 5.76. The Morgan fingerprint density at radius 3 is 2.56 bits per heavy atom. The highest BCUT2D eigenvalue weighted by Gasteiger charge is 2.16. The predicted octanol–water partition coefficient (Wildman–Crippen LogP) is 3.65. The molecule has 0 unspecified atom stereocenters. The molecule has 0 atom stereocenters. The van der Waals surface area contributed by atoms with Crippen LogP contribution in [0.3, 0.4) is 0 Å². The minimum Gasteiger partial charge on any atom is -0.356 e. The van der Waals surface area contributed by atoms with Gasteiger partial charge in [0.2, 0.25) is 5.91 Å². The first-order chi connectivity index (χ1) is 7.83. The van der Waals surface area contributed by atoms with E-state index in [0.717, 1.165) is 19.4 Å². The highest BCUT2D eigenvalue weighted by Crippen LogP contribution is 2.25. The van der Waals surface area contributed by atoms with Crippen LogP contribution in [-0.4, -0.2) is 12.5 Å². The third-order valence-electron chi connectivity index (χ3n) is 3.55. The Kier molecular flexibility index (Phi) is 7.28. The summed E-state index contributed by atoms with van der Waals surface area (Å²) >= 11 is 0. The summed E-state index contributed by atoms with van der Waals surface area (Å²) in [6, 6.07) is 0. The fraction of sp³-hybridized carbons (Fsp3) is 0.929. The molecule has 0 saturated heterocycles. The van der Waals surface area contributed by atoms with E-state index in [1.807, 2.05) is 0 Å². The van der Waals surface area contributed by atoms with Gasteiger partial charge in [-0.05, 0) is 25.2 Å². The number of carbonyl (C=O) groups excluding carboxylic acids is 1. The second kappa shape index (κ2) is 8.60. The Bertz CT molecular complexity index is 185. The molecule has 1 aliphatic rings. The molecular formula is C14H27NO. The van der Waals surface area contributed by atoms with Crippen molar-refractivity contribution in [3.8, 4) is 0 Å². The molecule has 0 aromatic carbocycles. The molecule has 1 aliphatic carbocycles. The normalized spacial score (nSPS) is 17.3. The molecule has 0 aromatic rings. The lowest BCUT2D eigenvalue weighted by atomic mass is 9.87. The Morgan fingerprint density at radius 1 is 1.12 bits per heavy atom. The number of amides is 1. The van der Waals surface area contributed by atoms with Gasteiger partial charge < -0.3 is 5.32 Å². The molecule has 1 N–H and O–H groups in total. The smallest absolute Gasteiger partial charge is 0.220 e. The Balaban J connectivity index is 1.97. The Hall–Kier alpha value is -0.530. The molecule has 16 heavy (non-hydrogen) atoms. The second-order valence-corrected chi connectivity index (χ2v) is 5.12. The van der Waals surface area contributed by atoms with Gasteiger partial charge in [-0.15, -0.1) is 0 Å². The van der Waals surface area contributed by atoms with E-state index in [2.05, 4.69) is 12.2 Å². The summed E-state index contributed by atoms with van der Waals surface area (Å²) in [4.78, 5) is 11.6. The van der Waals surface area contributed by atoms with Crippen LogP contribution in [0.2, 0.25) is 0 Å². The molecule has 0 aliphatic heterocycles. The Morgan fingerprint density at radius 2 is 1.88 bits per heavy atom. The van der Waals surface area contributed by atoms with Gasteiger partial charge >= 0.3 is 0 Å². The van der Waals surface area contributed by atoms with E-state index in [4.69, 9.17) is 0 Å². The van der Waals surface area contributed by atoms with Crippen molar-refractivity contribution in [2.45, 2.75) is 71.1 Å². The maximum atomic E-state index is 11.6. The van der Waals surface area contributed by atoms with Crippen molar-refractivity contribution < 1.29 is 4.79 Å². The van der Waals surface area contributed by atoms with Gasteiger partial charge in [0.1, 0.15) is 0 Å². The summed E-state index contributed by atoms with van der Waals surface area (Å²) in [5.74, 6) is 0.952. The van der Waals surface area contributed by atoms with Gasteiger partial charge in [0.25, 0.3) is 0 Å². The van der Waals surface area contributed by atoms with Crippen molar-refractivity contribution >= 4 is 5.91 Å². The van der Waals surface area contributed by atoms with Crippen molar-refractivity contribution in [2.75, 3.05) is 6.54 Å². The van der Waals surface area contributed by atoms with Crippen molar-refractivity contribution in [3.05, 3.63) is 0 Å². The average molecular weight is 225 g/mol. The molecule has 1 rings (SSSR count). The number of hydrogen-bond donors (Lipinski definition) is 1. The molecule has 0 radical (unpaired) electrons. The van der Waals surface area contributed by atoms with Crippen molar-refractivity contribution in [3.63, 3.8) is 0 Å². The van der Waals surface area contributed by atoms with E-state index in [1.54, 1.807) is 0 Å². The Labute approximate surface area is 100 Å². The van der Waals surface area contributed by atoms with Crippen LogP contribution >= 0.6 is 0 Å². The molecule has 0 spiro atoms. The molecule has 1 amide bonds. The number of carbonyl (C=O) groups is 1. The van der Waals surface area contributed by atoms with Crippen LogP contribution in [0.4, 0.5) is 0 Å². The van der Waals surface area contributed by atoms with E-state index in [-0.39, 0.29) is 5.91 Å². The summed E-state index contributed by atoms with van der Waals surface area (Å²) in [6.07, 6.45) is 12.3. The lowest BCUT2D eigenvalue weighted by Crippen LogP contribution is -2.27.